The number of sulfonamides is 1. The summed E-state index contributed by atoms with van der Waals surface area (Å²) in [5.41, 5.74) is 1.56. The van der Waals surface area contributed by atoms with Crippen LogP contribution in [-0.2, 0) is 16.6 Å². The number of hydrogen-bond acceptors (Lipinski definition) is 2. The lowest BCUT2D eigenvalue weighted by molar-refractivity contribution is 0.298. The summed E-state index contributed by atoms with van der Waals surface area (Å²) >= 11 is 18.4. The molecule has 1 aliphatic heterocycles. The van der Waals surface area contributed by atoms with Gasteiger partial charge in [0.1, 0.15) is 0 Å². The van der Waals surface area contributed by atoms with Gasteiger partial charge in [-0.15, -0.1) is 0 Å². The third-order valence-corrected chi connectivity index (χ3v) is 7.36. The van der Waals surface area contributed by atoms with Gasteiger partial charge in [-0.25, -0.2) is 8.42 Å². The summed E-state index contributed by atoms with van der Waals surface area (Å²) in [7, 11) is -3.75. The first-order chi connectivity index (χ1) is 12.9. The Morgan fingerprint density at radius 1 is 0.889 bits per heavy atom. The van der Waals surface area contributed by atoms with Crippen LogP contribution in [0.5, 0.6) is 0 Å². The van der Waals surface area contributed by atoms with Gasteiger partial charge in [0.25, 0.3) is 0 Å². The van der Waals surface area contributed by atoms with Gasteiger partial charge in [-0.1, -0.05) is 40.9 Å². The average molecular weight is 442 g/mol. The largest absolute Gasteiger partial charge is 0.348 e. The van der Waals surface area contributed by atoms with Crippen LogP contribution in [0.3, 0.4) is 0 Å². The van der Waals surface area contributed by atoms with Gasteiger partial charge in [0.05, 0.1) is 10.9 Å². The summed E-state index contributed by atoms with van der Waals surface area (Å²) in [5.74, 6) is 0. The molecule has 0 radical (unpaired) electrons. The predicted octanol–water partition coefficient (Wildman–Crippen LogP) is 5.24. The van der Waals surface area contributed by atoms with E-state index in [1.807, 2.05) is 22.9 Å². The Bertz CT molecular complexity index is 1090. The molecule has 0 bridgehead atoms. The number of rotatable bonds is 3. The van der Waals surface area contributed by atoms with Crippen molar-refractivity contribution in [3.63, 3.8) is 0 Å². The second-order valence-corrected chi connectivity index (χ2v) is 9.44. The molecule has 1 aliphatic rings. The number of hydrogen-bond donors (Lipinski definition) is 0. The number of fused-ring (bicyclic) bond motifs is 1. The zero-order valence-electron chi connectivity index (χ0n) is 14.0. The molecule has 0 N–H and O–H groups in total. The molecule has 1 unspecified atom stereocenters. The van der Waals surface area contributed by atoms with Crippen LogP contribution in [0, 0.1) is 0 Å². The van der Waals surface area contributed by atoms with Gasteiger partial charge in [0.15, 0.2) is 0 Å². The molecule has 0 spiro atoms. The van der Waals surface area contributed by atoms with Crippen LogP contribution in [0.15, 0.2) is 65.7 Å². The van der Waals surface area contributed by atoms with Crippen LogP contribution in [0.2, 0.25) is 15.1 Å². The highest BCUT2D eigenvalue weighted by atomic mass is 35.5. The maximum absolute atomic E-state index is 13.4. The number of halogens is 3. The summed E-state index contributed by atoms with van der Waals surface area (Å²) in [4.78, 5) is 0.196. The summed E-state index contributed by atoms with van der Waals surface area (Å²) in [5, 5.41) is 1.42. The molecule has 3 aromatic rings. The second-order valence-electron chi connectivity index (χ2n) is 6.26. The molecule has 2 aromatic carbocycles. The minimum atomic E-state index is -3.75. The summed E-state index contributed by atoms with van der Waals surface area (Å²) in [6.45, 7) is 0.896. The maximum Gasteiger partial charge on any atom is 0.244 e. The first-order valence-electron chi connectivity index (χ1n) is 8.25. The van der Waals surface area contributed by atoms with Crippen molar-refractivity contribution in [1.82, 2.24) is 8.87 Å². The van der Waals surface area contributed by atoms with E-state index < -0.39 is 16.1 Å². The van der Waals surface area contributed by atoms with E-state index in [-0.39, 0.29) is 4.90 Å². The Balaban J connectivity index is 1.87. The third-order valence-electron chi connectivity index (χ3n) is 4.67. The molecule has 27 heavy (non-hydrogen) atoms. The first kappa shape index (κ1) is 18.8. The fraction of sp³-hybridized carbons (Fsp3) is 0.158. The van der Waals surface area contributed by atoms with Crippen LogP contribution in [0.1, 0.15) is 17.3 Å². The van der Waals surface area contributed by atoms with Crippen LogP contribution in [0.25, 0.3) is 0 Å². The third kappa shape index (κ3) is 3.39. The van der Waals surface area contributed by atoms with Crippen LogP contribution >= 0.6 is 34.8 Å². The van der Waals surface area contributed by atoms with E-state index in [9.17, 15) is 8.42 Å². The topological polar surface area (TPSA) is 42.3 Å². The highest BCUT2D eigenvalue weighted by Gasteiger charge is 2.38. The van der Waals surface area contributed by atoms with Crippen molar-refractivity contribution in [3.8, 4) is 0 Å². The van der Waals surface area contributed by atoms with Gasteiger partial charge >= 0.3 is 0 Å². The fourth-order valence-corrected chi connectivity index (χ4v) is 5.61. The van der Waals surface area contributed by atoms with Crippen LogP contribution in [0.4, 0.5) is 0 Å². The van der Waals surface area contributed by atoms with Crippen LogP contribution in [-0.4, -0.2) is 23.8 Å². The lowest BCUT2D eigenvalue weighted by Gasteiger charge is -2.36. The number of nitrogens with zero attached hydrogens (tertiary/aromatic N) is 2. The summed E-state index contributed by atoms with van der Waals surface area (Å²) < 4.78 is 30.3. The van der Waals surface area contributed by atoms with E-state index in [0.29, 0.717) is 33.7 Å². The molecule has 0 amide bonds. The normalized spacial score (nSPS) is 17.7. The van der Waals surface area contributed by atoms with Crippen molar-refractivity contribution >= 4 is 44.8 Å². The Morgan fingerprint density at radius 3 is 2.30 bits per heavy atom. The van der Waals surface area contributed by atoms with Gasteiger partial charge in [-0.2, -0.15) is 4.31 Å². The van der Waals surface area contributed by atoms with Gasteiger partial charge in [-0.05, 0) is 54.1 Å². The molecule has 1 atom stereocenters. The minimum Gasteiger partial charge on any atom is -0.348 e. The summed E-state index contributed by atoms with van der Waals surface area (Å²) in [6.07, 6.45) is 1.94. The molecule has 1 aromatic heterocycles. The molecule has 140 valence electrons. The molecule has 2 heterocycles. The average Bonchev–Trinajstić information content (AvgIpc) is 3.10. The lowest BCUT2D eigenvalue weighted by atomic mass is 10.0. The Labute approximate surface area is 172 Å². The molecule has 0 saturated heterocycles. The van der Waals surface area contributed by atoms with Crippen LogP contribution < -0.4 is 0 Å². The SMILES string of the molecule is O=S(=O)(c1ccc(Cl)cc1)N1CCn2cccc2C1c1ccc(Cl)cc1Cl. The molecular weight excluding hydrogens is 427 g/mol. The molecule has 0 fully saturated rings. The lowest BCUT2D eigenvalue weighted by Crippen LogP contribution is -2.42. The van der Waals surface area contributed by atoms with E-state index in [1.54, 1.807) is 30.3 Å². The zero-order chi connectivity index (χ0) is 19.2. The van der Waals surface area contributed by atoms with Crippen molar-refractivity contribution < 1.29 is 8.42 Å². The smallest absolute Gasteiger partial charge is 0.244 e. The first-order valence-corrected chi connectivity index (χ1v) is 10.8. The highest BCUT2D eigenvalue weighted by Crippen LogP contribution is 2.40. The van der Waals surface area contributed by atoms with Crippen molar-refractivity contribution in [2.75, 3.05) is 6.54 Å². The van der Waals surface area contributed by atoms with Gasteiger partial charge in [-0.3, -0.25) is 0 Å². The quantitative estimate of drug-likeness (QED) is 0.557. The van der Waals surface area contributed by atoms with Crippen molar-refractivity contribution in [1.29, 1.82) is 0 Å². The Morgan fingerprint density at radius 2 is 1.59 bits per heavy atom. The molecule has 8 heteroatoms. The predicted molar refractivity (Wildman–Crippen MR) is 108 cm³/mol. The van der Waals surface area contributed by atoms with E-state index in [1.165, 1.54) is 16.4 Å². The second kappa shape index (κ2) is 7.15. The van der Waals surface area contributed by atoms with Gasteiger partial charge in [0.2, 0.25) is 10.0 Å². The van der Waals surface area contributed by atoms with E-state index in [2.05, 4.69) is 0 Å². The number of benzene rings is 2. The summed E-state index contributed by atoms with van der Waals surface area (Å²) in [6, 6.07) is 14.6. The number of aromatic nitrogens is 1. The van der Waals surface area contributed by atoms with Crippen molar-refractivity contribution in [2.45, 2.75) is 17.5 Å². The van der Waals surface area contributed by atoms with Gasteiger partial charge in [0, 0.05) is 40.0 Å². The standard InChI is InChI=1S/C19H15Cl3N2O2S/c20-13-3-6-15(7-4-13)27(25,26)24-11-10-23-9-1-2-18(23)19(24)16-8-5-14(21)12-17(16)22/h1-9,12,19H,10-11H2. The fourth-order valence-electron chi connectivity index (χ4n) is 3.40. The van der Waals surface area contributed by atoms with E-state index in [0.717, 1.165) is 5.69 Å². The molecule has 4 nitrogen and oxygen atoms in total. The molecular formula is C19H15Cl3N2O2S. The molecule has 4 rings (SSSR count). The maximum atomic E-state index is 13.4. The van der Waals surface area contributed by atoms with E-state index >= 15 is 0 Å². The zero-order valence-corrected chi connectivity index (χ0v) is 17.1. The highest BCUT2D eigenvalue weighted by molar-refractivity contribution is 7.89. The Hall–Kier alpha value is -1.50. The van der Waals surface area contributed by atoms with E-state index in [4.69, 9.17) is 34.8 Å². The molecule has 0 saturated carbocycles. The van der Waals surface area contributed by atoms with Crippen molar-refractivity contribution in [2.24, 2.45) is 0 Å². The molecule has 0 aliphatic carbocycles. The minimum absolute atomic E-state index is 0.196. The van der Waals surface area contributed by atoms with Gasteiger partial charge < -0.3 is 4.57 Å². The van der Waals surface area contributed by atoms with Crippen molar-refractivity contribution in [3.05, 3.63) is 87.1 Å². The monoisotopic (exact) mass is 440 g/mol. The Kier molecular flexibility index (Phi) is 4.99.